The molecular formula is C43H61NO5S. The summed E-state index contributed by atoms with van der Waals surface area (Å²) in [6, 6.07) is 7.53. The quantitative estimate of drug-likeness (QED) is 0.299. The number of carboxylic acids is 1. The van der Waals surface area contributed by atoms with Crippen LogP contribution in [0.3, 0.4) is 0 Å². The SMILES string of the molecule is C=C(C)[C@@H]1CC[C@]2(CCC(=O)N3CCS(=O)(=O)CC3)CC[C@]3(C)[C@H](CCC4[C@@]5(C)CC=C(c6ccc(C(=O)O)cc6)C(C)(C)C5CC[C@]43C)C12. The zero-order valence-electron chi connectivity index (χ0n) is 31.5. The predicted octanol–water partition coefficient (Wildman–Crippen LogP) is 9.07. The molecule has 6 nitrogen and oxygen atoms in total. The Hall–Kier alpha value is -2.41. The fourth-order valence-electron chi connectivity index (χ4n) is 14.1. The van der Waals surface area contributed by atoms with E-state index >= 15 is 0 Å². The maximum atomic E-state index is 13.5. The predicted molar refractivity (Wildman–Crippen MR) is 200 cm³/mol. The smallest absolute Gasteiger partial charge is 0.335 e. The van der Waals surface area contributed by atoms with Gasteiger partial charge in [0, 0.05) is 19.5 Å². The summed E-state index contributed by atoms with van der Waals surface area (Å²) >= 11 is 0. The summed E-state index contributed by atoms with van der Waals surface area (Å²) in [6.45, 7) is 20.3. The zero-order valence-corrected chi connectivity index (χ0v) is 32.3. The summed E-state index contributed by atoms with van der Waals surface area (Å²) in [5.41, 5.74) is 4.99. The summed E-state index contributed by atoms with van der Waals surface area (Å²) in [6.07, 6.45) is 14.8. The lowest BCUT2D eigenvalue weighted by Crippen LogP contribution is -2.65. The molecule has 9 atom stereocenters. The number of carbonyl (C=O) groups excluding carboxylic acids is 1. The van der Waals surface area contributed by atoms with Crippen LogP contribution >= 0.6 is 0 Å². The molecule has 5 fully saturated rings. The van der Waals surface area contributed by atoms with E-state index in [0.29, 0.717) is 54.7 Å². The average Bonchev–Trinajstić information content (AvgIpc) is 3.44. The summed E-state index contributed by atoms with van der Waals surface area (Å²) in [4.78, 5) is 26.9. The first-order valence-corrected chi connectivity index (χ1v) is 21.4. The van der Waals surface area contributed by atoms with Gasteiger partial charge in [-0.2, -0.15) is 0 Å². The van der Waals surface area contributed by atoms with Crippen LogP contribution in [-0.4, -0.2) is 54.9 Å². The second kappa shape index (κ2) is 12.1. The molecular weight excluding hydrogens is 643 g/mol. The number of allylic oxidation sites excluding steroid dienone is 3. The van der Waals surface area contributed by atoms with E-state index in [-0.39, 0.29) is 44.5 Å². The van der Waals surface area contributed by atoms with Gasteiger partial charge in [-0.05, 0) is 151 Å². The number of hydrogen-bond acceptors (Lipinski definition) is 4. The maximum Gasteiger partial charge on any atom is 0.335 e. The molecule has 6 aliphatic rings. The Kier molecular flexibility index (Phi) is 8.68. The Morgan fingerprint density at radius 2 is 1.56 bits per heavy atom. The van der Waals surface area contributed by atoms with Gasteiger partial charge in [-0.1, -0.05) is 65.0 Å². The van der Waals surface area contributed by atoms with E-state index in [9.17, 15) is 23.1 Å². The second-order valence-corrected chi connectivity index (χ2v) is 21.3. The van der Waals surface area contributed by atoms with Crippen LogP contribution in [0, 0.1) is 56.7 Å². The number of amides is 1. The molecule has 0 spiro atoms. The Morgan fingerprint density at radius 3 is 2.20 bits per heavy atom. The molecule has 1 aromatic rings. The molecule has 0 radical (unpaired) electrons. The first-order valence-electron chi connectivity index (χ1n) is 19.6. The van der Waals surface area contributed by atoms with E-state index in [1.54, 1.807) is 12.1 Å². The topological polar surface area (TPSA) is 91.8 Å². The van der Waals surface area contributed by atoms with Crippen LogP contribution in [-0.2, 0) is 14.6 Å². The molecule has 1 aliphatic heterocycles. The van der Waals surface area contributed by atoms with Crippen LogP contribution in [0.2, 0.25) is 0 Å². The Bertz CT molecular complexity index is 1700. The maximum absolute atomic E-state index is 13.5. The fraction of sp³-hybridized carbons (Fsp3) is 0.721. The van der Waals surface area contributed by atoms with Crippen molar-refractivity contribution in [3.05, 3.63) is 53.6 Å². The van der Waals surface area contributed by atoms with E-state index in [2.05, 4.69) is 54.2 Å². The van der Waals surface area contributed by atoms with Crippen molar-refractivity contribution in [1.82, 2.24) is 4.90 Å². The Labute approximate surface area is 301 Å². The number of carboxylic acid groups (broad SMARTS) is 1. The monoisotopic (exact) mass is 703 g/mol. The molecule has 274 valence electrons. The number of fused-ring (bicyclic) bond motifs is 7. The third kappa shape index (κ3) is 5.32. The molecule has 1 N–H and O–H groups in total. The lowest BCUT2D eigenvalue weighted by Gasteiger charge is -2.72. The average molecular weight is 704 g/mol. The van der Waals surface area contributed by atoms with Crippen molar-refractivity contribution in [1.29, 1.82) is 0 Å². The van der Waals surface area contributed by atoms with Gasteiger partial charge in [0.25, 0.3) is 0 Å². The van der Waals surface area contributed by atoms with Crippen LogP contribution in [0.1, 0.15) is 128 Å². The van der Waals surface area contributed by atoms with Gasteiger partial charge in [0.05, 0.1) is 17.1 Å². The molecule has 1 heterocycles. The van der Waals surface area contributed by atoms with Crippen molar-refractivity contribution < 1.29 is 23.1 Å². The lowest BCUT2D eigenvalue weighted by atomic mass is 9.32. The standard InChI is InChI=1S/C43H61NO5S/c1-28(2)31-14-20-43(21-17-36(45)44-24-26-50(48,49)27-25-44)23-22-41(6)33(37(31)43)12-13-35-40(5)18-15-32(29-8-10-30(11-9-29)38(46)47)39(3,4)34(40)16-19-42(35,41)7/h8-11,15,31,33-35,37H,1,12-14,16-27H2,2-7H3,(H,46,47)/t31-,33+,34?,35?,37?,40-,41+,42+,43-/m0/s1. The molecule has 1 amide bonds. The highest BCUT2D eigenvalue weighted by molar-refractivity contribution is 7.91. The molecule has 0 bridgehead atoms. The van der Waals surface area contributed by atoms with Gasteiger partial charge in [0.1, 0.15) is 0 Å². The van der Waals surface area contributed by atoms with Gasteiger partial charge in [-0.15, -0.1) is 0 Å². The number of sulfone groups is 1. The lowest BCUT2D eigenvalue weighted by molar-refractivity contribution is -0.226. The van der Waals surface area contributed by atoms with Gasteiger partial charge in [-0.3, -0.25) is 4.79 Å². The van der Waals surface area contributed by atoms with Crippen molar-refractivity contribution in [3.8, 4) is 0 Å². The molecule has 5 aliphatic carbocycles. The number of nitrogens with zero attached hydrogens (tertiary/aromatic N) is 1. The summed E-state index contributed by atoms with van der Waals surface area (Å²) in [5, 5.41) is 9.48. The van der Waals surface area contributed by atoms with Crippen LogP contribution < -0.4 is 0 Å². The number of rotatable bonds is 6. The minimum absolute atomic E-state index is 0.0138. The van der Waals surface area contributed by atoms with E-state index in [1.165, 1.54) is 62.5 Å². The highest BCUT2D eigenvalue weighted by Gasteiger charge is 2.70. The van der Waals surface area contributed by atoms with Crippen LogP contribution in [0.4, 0.5) is 0 Å². The van der Waals surface area contributed by atoms with Gasteiger partial charge in [-0.25, -0.2) is 13.2 Å². The fourth-order valence-corrected chi connectivity index (χ4v) is 15.3. The Balaban J connectivity index is 1.16. The molecule has 3 unspecified atom stereocenters. The van der Waals surface area contributed by atoms with Crippen LogP contribution in [0.25, 0.3) is 5.57 Å². The van der Waals surface area contributed by atoms with Crippen molar-refractivity contribution in [2.45, 2.75) is 112 Å². The van der Waals surface area contributed by atoms with Gasteiger partial charge in [0.2, 0.25) is 5.91 Å². The number of aromatic carboxylic acids is 1. The number of carbonyl (C=O) groups is 2. The van der Waals surface area contributed by atoms with Crippen molar-refractivity contribution >= 4 is 27.3 Å². The van der Waals surface area contributed by atoms with E-state index in [0.717, 1.165) is 18.4 Å². The Morgan fingerprint density at radius 1 is 0.880 bits per heavy atom. The molecule has 7 rings (SSSR count). The normalized spacial score (nSPS) is 41.5. The number of hydrogen-bond donors (Lipinski definition) is 1. The largest absolute Gasteiger partial charge is 0.478 e. The third-order valence-corrected chi connectivity index (χ3v) is 18.4. The van der Waals surface area contributed by atoms with Crippen LogP contribution in [0.15, 0.2) is 42.5 Å². The number of benzene rings is 1. The minimum Gasteiger partial charge on any atom is -0.478 e. The molecule has 1 aromatic carbocycles. The van der Waals surface area contributed by atoms with E-state index < -0.39 is 15.8 Å². The molecule has 1 saturated heterocycles. The van der Waals surface area contributed by atoms with Crippen molar-refractivity contribution in [2.75, 3.05) is 24.6 Å². The first kappa shape index (κ1) is 36.0. The van der Waals surface area contributed by atoms with Gasteiger partial charge < -0.3 is 10.0 Å². The molecule has 50 heavy (non-hydrogen) atoms. The second-order valence-electron chi connectivity index (χ2n) is 19.0. The highest BCUT2D eigenvalue weighted by Crippen LogP contribution is 2.78. The first-order chi connectivity index (χ1) is 23.4. The third-order valence-electron chi connectivity index (χ3n) is 16.8. The molecule has 0 aromatic heterocycles. The summed E-state index contributed by atoms with van der Waals surface area (Å²) in [7, 11) is -3.02. The van der Waals surface area contributed by atoms with E-state index in [4.69, 9.17) is 0 Å². The van der Waals surface area contributed by atoms with Gasteiger partial charge >= 0.3 is 5.97 Å². The van der Waals surface area contributed by atoms with Gasteiger partial charge in [0.15, 0.2) is 9.84 Å². The van der Waals surface area contributed by atoms with Crippen molar-refractivity contribution in [2.24, 2.45) is 56.7 Å². The summed E-state index contributed by atoms with van der Waals surface area (Å²) < 4.78 is 24.1. The highest BCUT2D eigenvalue weighted by atomic mass is 32.2. The summed E-state index contributed by atoms with van der Waals surface area (Å²) in [5.74, 6) is 2.33. The zero-order chi connectivity index (χ0) is 36.1. The van der Waals surface area contributed by atoms with Crippen LogP contribution in [0.5, 0.6) is 0 Å². The minimum atomic E-state index is -3.02. The van der Waals surface area contributed by atoms with Crippen molar-refractivity contribution in [3.63, 3.8) is 0 Å². The van der Waals surface area contributed by atoms with E-state index in [1.807, 2.05) is 17.0 Å². The molecule has 4 saturated carbocycles. The molecule has 7 heteroatoms.